The van der Waals surface area contributed by atoms with Gasteiger partial charge >= 0.3 is 33.3 Å². The normalized spacial score (nSPS) is 7.78. The van der Waals surface area contributed by atoms with Crippen molar-refractivity contribution in [3.63, 3.8) is 0 Å². The van der Waals surface area contributed by atoms with E-state index >= 15 is 0 Å². The van der Waals surface area contributed by atoms with Crippen LogP contribution in [0, 0.1) is 0 Å². The van der Waals surface area contributed by atoms with Crippen LogP contribution in [0.15, 0.2) is 12.7 Å². The molecule has 53 valence electrons. The molecule has 0 spiro atoms. The second-order valence-electron chi connectivity index (χ2n) is 0.963. The summed E-state index contributed by atoms with van der Waals surface area (Å²) in [5.41, 5.74) is 0. The Morgan fingerprint density at radius 1 is 1.33 bits per heavy atom. The number of nitrogens with zero attached hydrogens (tertiary/aromatic N) is 3. The fourth-order valence-electron chi connectivity index (χ4n) is 0.209. The molecule has 0 unspecified atom stereocenters. The molecule has 0 amide bonds. The first-order valence-corrected chi connectivity index (χ1v) is 5.03. The number of nitrogens with two attached hydrogens (primary N) is 1. The van der Waals surface area contributed by atoms with Gasteiger partial charge in [-0.2, -0.15) is 0 Å². The molecule has 0 saturated carbocycles. The van der Waals surface area contributed by atoms with Crippen molar-refractivity contribution < 1.29 is 13.1 Å². The molecule has 2 N–H and O–H groups in total. The predicted octanol–water partition coefficient (Wildman–Crippen LogP) is 0.368. The number of hydrogen-bond acceptors (Lipinski definition) is 3. The van der Waals surface area contributed by atoms with E-state index in [0.717, 1.165) is 0 Å². The number of rotatable bonds is 0. The van der Waals surface area contributed by atoms with Gasteiger partial charge in [0.05, 0.1) is 0 Å². The molecule has 0 bridgehead atoms. The Bertz CT molecular complexity index is 131. The third kappa shape index (κ3) is 5.92. The molecule has 0 atom stereocenters. The predicted molar refractivity (Wildman–Crippen MR) is 31.9 cm³/mol. The second-order valence-corrected chi connectivity index (χ2v) is 2.91. The van der Waals surface area contributed by atoms with Gasteiger partial charge in [0.2, 0.25) is 0 Å². The summed E-state index contributed by atoms with van der Waals surface area (Å²) in [6.07, 6.45) is 2.83. The van der Waals surface area contributed by atoms with E-state index in [1.54, 1.807) is 0 Å². The number of nitrogen functional groups attached to an aromatic ring is 1. The van der Waals surface area contributed by atoms with Crippen molar-refractivity contribution in [2.75, 3.05) is 5.84 Å². The van der Waals surface area contributed by atoms with Crippen LogP contribution in [0.25, 0.3) is 0 Å². The first kappa shape index (κ1) is 9.04. The Hall–Kier alpha value is 0.0395. The summed E-state index contributed by atoms with van der Waals surface area (Å²) < 4.78 is 1.28. The minimum absolute atomic E-state index is 0.00694. The SMILES string of the molecule is Nn1cnnc1.[Cl][Mn][Cl]. The van der Waals surface area contributed by atoms with Crippen LogP contribution in [0.4, 0.5) is 0 Å². The monoisotopic (exact) mass is 209 g/mol. The summed E-state index contributed by atoms with van der Waals surface area (Å²) in [6, 6.07) is 0. The summed E-state index contributed by atoms with van der Waals surface area (Å²) >= 11 is 0.00694. The topological polar surface area (TPSA) is 56.7 Å². The Balaban J connectivity index is 0.000000187. The Kier molecular flexibility index (Phi) is 6.19. The zero-order valence-electron chi connectivity index (χ0n) is 4.21. The van der Waals surface area contributed by atoms with Crippen molar-refractivity contribution in [1.82, 2.24) is 14.9 Å². The van der Waals surface area contributed by atoms with Crippen LogP contribution in [0.1, 0.15) is 0 Å². The zero-order valence-corrected chi connectivity index (χ0v) is 6.90. The fourth-order valence-corrected chi connectivity index (χ4v) is 0.209. The van der Waals surface area contributed by atoms with Crippen molar-refractivity contribution >= 4 is 20.2 Å². The molecule has 4 nitrogen and oxygen atoms in total. The molecule has 1 aromatic heterocycles. The van der Waals surface area contributed by atoms with Crippen LogP contribution in [0.3, 0.4) is 0 Å². The molecule has 0 aromatic carbocycles. The van der Waals surface area contributed by atoms with E-state index in [1.165, 1.54) is 17.3 Å². The molecular formula is C2H4Cl2MnN4. The van der Waals surface area contributed by atoms with Gasteiger partial charge in [0.1, 0.15) is 12.7 Å². The average molecular weight is 210 g/mol. The number of aromatic nitrogens is 3. The van der Waals surface area contributed by atoms with Crippen LogP contribution in [0.2, 0.25) is 0 Å². The molecule has 0 saturated heterocycles. The molecule has 7 heteroatoms. The third-order valence-corrected chi connectivity index (χ3v) is 0.437. The van der Waals surface area contributed by atoms with Gasteiger partial charge in [-0.1, -0.05) is 0 Å². The van der Waals surface area contributed by atoms with Gasteiger partial charge in [-0.3, -0.25) is 0 Å². The van der Waals surface area contributed by atoms with E-state index in [4.69, 9.17) is 26.0 Å². The van der Waals surface area contributed by atoms with Crippen molar-refractivity contribution in [3.8, 4) is 0 Å². The molecule has 0 aliphatic heterocycles. The van der Waals surface area contributed by atoms with Crippen molar-refractivity contribution in [3.05, 3.63) is 12.7 Å². The minimum atomic E-state index is 0.00694. The summed E-state index contributed by atoms with van der Waals surface area (Å²) in [7, 11) is 9.59. The van der Waals surface area contributed by atoms with Gasteiger partial charge in [-0.05, 0) is 0 Å². The fraction of sp³-hybridized carbons (Fsp3) is 0. The standard InChI is InChI=1S/C2H4N4.2ClH.Mn/c3-6-1-4-5-2-6;;;/h1-2H,3H2;2*1H;/q;;;+2/p-2. The summed E-state index contributed by atoms with van der Waals surface area (Å²) in [5.74, 6) is 5.07. The molecule has 0 fully saturated rings. The Morgan fingerprint density at radius 2 is 1.67 bits per heavy atom. The molecule has 0 aliphatic carbocycles. The van der Waals surface area contributed by atoms with Crippen LogP contribution >= 0.6 is 20.2 Å². The second kappa shape index (κ2) is 6.16. The van der Waals surface area contributed by atoms with E-state index in [2.05, 4.69) is 10.2 Å². The van der Waals surface area contributed by atoms with Gasteiger partial charge in [-0.25, -0.2) is 4.68 Å². The molecule has 0 radical (unpaired) electrons. The number of halogens is 2. The quantitative estimate of drug-likeness (QED) is 0.497. The van der Waals surface area contributed by atoms with Gasteiger partial charge in [0.15, 0.2) is 0 Å². The summed E-state index contributed by atoms with van der Waals surface area (Å²) in [5, 5.41) is 6.82. The number of hydrogen-bond donors (Lipinski definition) is 1. The summed E-state index contributed by atoms with van der Waals surface area (Å²) in [4.78, 5) is 0. The Labute approximate surface area is 66.9 Å². The van der Waals surface area contributed by atoms with Crippen LogP contribution in [-0.2, 0) is 13.1 Å². The maximum absolute atomic E-state index is 5.07. The van der Waals surface area contributed by atoms with Crippen molar-refractivity contribution in [2.24, 2.45) is 0 Å². The molecule has 0 aliphatic rings. The van der Waals surface area contributed by atoms with Gasteiger partial charge in [0, 0.05) is 0 Å². The average Bonchev–Trinajstić information content (AvgIpc) is 2.20. The van der Waals surface area contributed by atoms with Crippen LogP contribution in [0.5, 0.6) is 0 Å². The van der Waals surface area contributed by atoms with E-state index in [9.17, 15) is 0 Å². The zero-order chi connectivity index (χ0) is 7.11. The van der Waals surface area contributed by atoms with E-state index in [1.807, 2.05) is 0 Å². The van der Waals surface area contributed by atoms with E-state index in [0.29, 0.717) is 0 Å². The van der Waals surface area contributed by atoms with Gasteiger partial charge in [0.25, 0.3) is 0 Å². The van der Waals surface area contributed by atoms with Crippen molar-refractivity contribution in [2.45, 2.75) is 0 Å². The van der Waals surface area contributed by atoms with Crippen molar-refractivity contribution in [1.29, 1.82) is 0 Å². The van der Waals surface area contributed by atoms with Gasteiger partial charge < -0.3 is 5.84 Å². The van der Waals surface area contributed by atoms with Crippen LogP contribution < -0.4 is 5.84 Å². The van der Waals surface area contributed by atoms with Gasteiger partial charge in [-0.15, -0.1) is 10.2 Å². The summed E-state index contributed by atoms with van der Waals surface area (Å²) in [6.45, 7) is 0. The van der Waals surface area contributed by atoms with E-state index < -0.39 is 0 Å². The van der Waals surface area contributed by atoms with Crippen LogP contribution in [-0.4, -0.2) is 14.9 Å². The maximum atomic E-state index is 5.07. The molecule has 1 rings (SSSR count). The molecule has 9 heavy (non-hydrogen) atoms. The van der Waals surface area contributed by atoms with E-state index in [-0.39, 0.29) is 13.1 Å². The molecule has 1 heterocycles. The first-order valence-electron chi connectivity index (χ1n) is 1.78. The molecular weight excluding hydrogens is 206 g/mol. The Morgan fingerprint density at radius 3 is 1.78 bits per heavy atom. The third-order valence-electron chi connectivity index (χ3n) is 0.437. The first-order chi connectivity index (χ1) is 4.31. The molecule has 1 aromatic rings.